The van der Waals surface area contributed by atoms with Crippen LogP contribution in [0, 0.1) is 0 Å². The topological polar surface area (TPSA) is 55.9 Å². The molecule has 2 heterocycles. The third-order valence-corrected chi connectivity index (χ3v) is 2.24. The van der Waals surface area contributed by atoms with Crippen LogP contribution in [0.5, 0.6) is 0 Å². The summed E-state index contributed by atoms with van der Waals surface area (Å²) >= 11 is 0. The van der Waals surface area contributed by atoms with Crippen molar-refractivity contribution in [2.45, 2.75) is 26.4 Å². The molecule has 16 heavy (non-hydrogen) atoms. The van der Waals surface area contributed by atoms with Gasteiger partial charge in [0.2, 0.25) is 0 Å². The number of aryl methyl sites for hydroxylation is 1. The molecule has 0 fully saturated rings. The van der Waals surface area contributed by atoms with Gasteiger partial charge in [0.05, 0.1) is 17.5 Å². The van der Waals surface area contributed by atoms with Crippen LogP contribution < -0.4 is 5.32 Å². The maximum atomic E-state index is 5.25. The second-order valence-electron chi connectivity index (χ2n) is 4.12. The Labute approximate surface area is 94.4 Å². The fraction of sp³-hybridized carbons (Fsp3) is 0.455. The Bertz CT molecular complexity index is 458. The highest BCUT2D eigenvalue weighted by atomic mass is 16.5. The van der Waals surface area contributed by atoms with Crippen LogP contribution in [-0.2, 0) is 13.6 Å². The Kier molecular flexibility index (Phi) is 3.05. The maximum Gasteiger partial charge on any atom is 0.170 e. The van der Waals surface area contributed by atoms with Gasteiger partial charge in [-0.3, -0.25) is 4.68 Å². The molecule has 0 atom stereocenters. The van der Waals surface area contributed by atoms with Crippen LogP contribution in [0.1, 0.15) is 19.5 Å². The quantitative estimate of drug-likeness (QED) is 0.849. The maximum absolute atomic E-state index is 5.25. The van der Waals surface area contributed by atoms with E-state index in [9.17, 15) is 0 Å². The molecule has 0 aliphatic rings. The molecule has 0 aliphatic carbocycles. The highest BCUT2D eigenvalue weighted by Crippen LogP contribution is 2.18. The lowest BCUT2D eigenvalue weighted by atomic mass is 10.2. The molecule has 0 spiro atoms. The molecule has 0 saturated carbocycles. The number of nitrogens with zero attached hydrogens (tertiary/aromatic N) is 3. The fourth-order valence-corrected chi connectivity index (χ4v) is 1.39. The number of hydrogen-bond donors (Lipinski definition) is 1. The number of hydrogen-bond acceptors (Lipinski definition) is 4. The largest absolute Gasteiger partial charge is 0.356 e. The van der Waals surface area contributed by atoms with E-state index < -0.39 is 0 Å². The third kappa shape index (κ3) is 2.49. The average molecular weight is 220 g/mol. The summed E-state index contributed by atoms with van der Waals surface area (Å²) in [6.07, 6.45) is 3.67. The third-order valence-electron chi connectivity index (χ3n) is 2.24. The van der Waals surface area contributed by atoms with Gasteiger partial charge < -0.3 is 9.84 Å². The van der Waals surface area contributed by atoms with E-state index in [1.54, 1.807) is 10.9 Å². The Morgan fingerprint density at radius 1 is 1.50 bits per heavy atom. The summed E-state index contributed by atoms with van der Waals surface area (Å²) in [7, 11) is 1.88. The van der Waals surface area contributed by atoms with Gasteiger partial charge in [-0.1, -0.05) is 19.0 Å². The SMILES string of the molecule is CC(C)NCc1cc(-c2cnn(C)c2)on1. The number of rotatable bonds is 4. The molecular formula is C11H16N4O. The zero-order chi connectivity index (χ0) is 11.5. The van der Waals surface area contributed by atoms with Crippen molar-refractivity contribution in [3.05, 3.63) is 24.2 Å². The van der Waals surface area contributed by atoms with Crippen LogP contribution >= 0.6 is 0 Å². The number of nitrogens with one attached hydrogen (secondary N) is 1. The molecule has 0 amide bonds. The molecular weight excluding hydrogens is 204 g/mol. The van der Waals surface area contributed by atoms with Crippen molar-refractivity contribution >= 4 is 0 Å². The normalized spacial score (nSPS) is 11.2. The molecule has 5 heteroatoms. The first kappa shape index (κ1) is 10.9. The Balaban J connectivity index is 2.07. The van der Waals surface area contributed by atoms with Gasteiger partial charge in [0.1, 0.15) is 0 Å². The van der Waals surface area contributed by atoms with E-state index in [0.29, 0.717) is 6.04 Å². The lowest BCUT2D eigenvalue weighted by Crippen LogP contribution is -2.21. The van der Waals surface area contributed by atoms with Crippen LogP contribution in [0.2, 0.25) is 0 Å². The molecule has 0 aromatic carbocycles. The standard InChI is InChI=1S/C11H16N4O/c1-8(2)12-6-10-4-11(16-14-10)9-5-13-15(3)7-9/h4-5,7-8,12H,6H2,1-3H3. The molecule has 2 rings (SSSR count). The zero-order valence-electron chi connectivity index (χ0n) is 9.77. The van der Waals surface area contributed by atoms with Crippen LogP contribution in [-0.4, -0.2) is 21.0 Å². The van der Waals surface area contributed by atoms with E-state index in [0.717, 1.165) is 23.6 Å². The second-order valence-corrected chi connectivity index (χ2v) is 4.12. The van der Waals surface area contributed by atoms with Crippen molar-refractivity contribution < 1.29 is 4.52 Å². The minimum absolute atomic E-state index is 0.443. The van der Waals surface area contributed by atoms with Gasteiger partial charge >= 0.3 is 0 Å². The van der Waals surface area contributed by atoms with Gasteiger partial charge in [0.25, 0.3) is 0 Å². The highest BCUT2D eigenvalue weighted by Gasteiger charge is 2.08. The van der Waals surface area contributed by atoms with Crippen molar-refractivity contribution in [1.82, 2.24) is 20.3 Å². The highest BCUT2D eigenvalue weighted by molar-refractivity contribution is 5.54. The van der Waals surface area contributed by atoms with E-state index in [1.807, 2.05) is 19.3 Å². The molecule has 5 nitrogen and oxygen atoms in total. The van der Waals surface area contributed by atoms with E-state index in [4.69, 9.17) is 4.52 Å². The summed E-state index contributed by atoms with van der Waals surface area (Å²) in [6.45, 7) is 4.92. The summed E-state index contributed by atoms with van der Waals surface area (Å²) in [5.74, 6) is 0.758. The van der Waals surface area contributed by atoms with E-state index in [2.05, 4.69) is 29.4 Å². The number of aromatic nitrogens is 3. The monoisotopic (exact) mass is 220 g/mol. The van der Waals surface area contributed by atoms with Crippen LogP contribution in [0.15, 0.2) is 23.0 Å². The lowest BCUT2D eigenvalue weighted by molar-refractivity contribution is 0.417. The molecule has 2 aromatic heterocycles. The molecule has 0 aliphatic heterocycles. The van der Waals surface area contributed by atoms with Gasteiger partial charge in [-0.15, -0.1) is 0 Å². The van der Waals surface area contributed by atoms with Crippen LogP contribution in [0.3, 0.4) is 0 Å². The summed E-state index contributed by atoms with van der Waals surface area (Å²) in [4.78, 5) is 0. The fourth-order valence-electron chi connectivity index (χ4n) is 1.39. The molecule has 86 valence electrons. The summed E-state index contributed by atoms with van der Waals surface area (Å²) < 4.78 is 6.99. The molecule has 0 radical (unpaired) electrons. The van der Waals surface area contributed by atoms with Crippen LogP contribution in [0.4, 0.5) is 0 Å². The van der Waals surface area contributed by atoms with Gasteiger partial charge in [-0.2, -0.15) is 5.10 Å². The van der Waals surface area contributed by atoms with Crippen molar-refractivity contribution in [3.8, 4) is 11.3 Å². The summed E-state index contributed by atoms with van der Waals surface area (Å²) in [6, 6.07) is 2.38. The van der Waals surface area contributed by atoms with Gasteiger partial charge in [0, 0.05) is 31.9 Å². The molecule has 0 bridgehead atoms. The Morgan fingerprint density at radius 2 is 2.31 bits per heavy atom. The molecule has 1 N–H and O–H groups in total. The van der Waals surface area contributed by atoms with Gasteiger partial charge in [-0.05, 0) is 0 Å². The Hall–Kier alpha value is -1.62. The molecule has 2 aromatic rings. The first-order valence-electron chi connectivity index (χ1n) is 5.33. The first-order valence-corrected chi connectivity index (χ1v) is 5.33. The summed E-state index contributed by atoms with van der Waals surface area (Å²) in [5, 5.41) is 11.4. The predicted octanol–water partition coefficient (Wildman–Crippen LogP) is 1.57. The smallest absolute Gasteiger partial charge is 0.170 e. The van der Waals surface area contributed by atoms with Crippen LogP contribution in [0.25, 0.3) is 11.3 Å². The molecule has 0 unspecified atom stereocenters. The van der Waals surface area contributed by atoms with Crippen molar-refractivity contribution in [1.29, 1.82) is 0 Å². The van der Waals surface area contributed by atoms with E-state index in [1.165, 1.54) is 0 Å². The van der Waals surface area contributed by atoms with E-state index >= 15 is 0 Å². The minimum Gasteiger partial charge on any atom is -0.356 e. The first-order chi connectivity index (χ1) is 7.65. The average Bonchev–Trinajstić information content (AvgIpc) is 2.83. The minimum atomic E-state index is 0.443. The van der Waals surface area contributed by atoms with Gasteiger partial charge in [-0.25, -0.2) is 0 Å². The molecule has 0 saturated heterocycles. The zero-order valence-corrected chi connectivity index (χ0v) is 9.77. The van der Waals surface area contributed by atoms with Crippen molar-refractivity contribution in [3.63, 3.8) is 0 Å². The second kappa shape index (κ2) is 4.49. The lowest BCUT2D eigenvalue weighted by Gasteiger charge is -2.03. The Morgan fingerprint density at radius 3 is 2.94 bits per heavy atom. The van der Waals surface area contributed by atoms with Crippen molar-refractivity contribution in [2.24, 2.45) is 7.05 Å². The summed E-state index contributed by atoms with van der Waals surface area (Å²) in [5.41, 5.74) is 1.86. The van der Waals surface area contributed by atoms with Crippen molar-refractivity contribution in [2.75, 3.05) is 0 Å². The van der Waals surface area contributed by atoms with Gasteiger partial charge in [0.15, 0.2) is 5.76 Å². The van der Waals surface area contributed by atoms with E-state index in [-0.39, 0.29) is 0 Å². The predicted molar refractivity (Wildman–Crippen MR) is 60.7 cm³/mol.